The number of rotatable bonds is 7. The maximum Gasteiger partial charge on any atom is 0.0594 e. The van der Waals surface area contributed by atoms with Crippen LogP contribution in [0.25, 0.3) is 0 Å². The van der Waals surface area contributed by atoms with Crippen LogP contribution in [0.4, 0.5) is 0 Å². The van der Waals surface area contributed by atoms with Crippen LogP contribution >= 0.6 is 0 Å². The molecule has 0 spiro atoms. The van der Waals surface area contributed by atoms with Crippen LogP contribution < -0.4 is 5.32 Å². The molecular weight excluding hydrogens is 248 g/mol. The minimum Gasteiger partial charge on any atom is -0.379 e. The Morgan fingerprint density at radius 3 is 2.55 bits per heavy atom. The van der Waals surface area contributed by atoms with Gasteiger partial charge >= 0.3 is 0 Å². The smallest absolute Gasteiger partial charge is 0.0594 e. The first kappa shape index (κ1) is 15.5. The van der Waals surface area contributed by atoms with Crippen LogP contribution in [0, 0.1) is 6.92 Å². The predicted octanol–water partition coefficient (Wildman–Crippen LogP) is 2.76. The lowest BCUT2D eigenvalue weighted by Crippen LogP contribution is -2.37. The van der Waals surface area contributed by atoms with E-state index in [1.165, 1.54) is 24.1 Å². The normalized spacial score (nSPS) is 18.1. The van der Waals surface area contributed by atoms with Crippen molar-refractivity contribution in [2.75, 3.05) is 39.4 Å². The predicted molar refractivity (Wildman–Crippen MR) is 84.1 cm³/mol. The van der Waals surface area contributed by atoms with Gasteiger partial charge in [0.15, 0.2) is 0 Å². The average Bonchev–Trinajstić information content (AvgIpc) is 2.50. The second-order valence-electron chi connectivity index (χ2n) is 5.63. The van der Waals surface area contributed by atoms with Gasteiger partial charge in [0.05, 0.1) is 13.2 Å². The van der Waals surface area contributed by atoms with Crippen LogP contribution in [0.1, 0.15) is 36.9 Å². The van der Waals surface area contributed by atoms with E-state index >= 15 is 0 Å². The summed E-state index contributed by atoms with van der Waals surface area (Å²) in [6.45, 7) is 10.6. The Hall–Kier alpha value is -0.900. The summed E-state index contributed by atoms with van der Waals surface area (Å²) in [7, 11) is 0. The Labute approximate surface area is 123 Å². The van der Waals surface area contributed by atoms with Gasteiger partial charge in [-0.1, -0.05) is 36.8 Å². The Morgan fingerprint density at radius 2 is 1.90 bits per heavy atom. The largest absolute Gasteiger partial charge is 0.379 e. The number of nitrogens with one attached hydrogen (secondary N) is 1. The van der Waals surface area contributed by atoms with Gasteiger partial charge in [-0.2, -0.15) is 0 Å². The van der Waals surface area contributed by atoms with Gasteiger partial charge in [0, 0.05) is 19.1 Å². The molecule has 2 rings (SSSR count). The molecule has 1 heterocycles. The number of aryl methyl sites for hydroxylation is 1. The fourth-order valence-corrected chi connectivity index (χ4v) is 2.70. The molecular formula is C17H28N2O. The van der Waals surface area contributed by atoms with E-state index in [0.29, 0.717) is 6.04 Å². The number of nitrogens with zero attached hydrogens (tertiary/aromatic N) is 1. The number of hydrogen-bond acceptors (Lipinski definition) is 3. The fraction of sp³-hybridized carbons (Fsp3) is 0.647. The molecule has 1 aliphatic heterocycles. The molecule has 1 aliphatic rings. The fourth-order valence-electron chi connectivity index (χ4n) is 2.70. The molecule has 0 bridgehead atoms. The average molecular weight is 276 g/mol. The molecule has 1 aromatic carbocycles. The molecule has 1 atom stereocenters. The van der Waals surface area contributed by atoms with E-state index in [1.807, 2.05) is 0 Å². The summed E-state index contributed by atoms with van der Waals surface area (Å²) in [6, 6.07) is 9.39. The van der Waals surface area contributed by atoms with Crippen LogP contribution in [0.5, 0.6) is 0 Å². The van der Waals surface area contributed by atoms with E-state index in [1.54, 1.807) is 0 Å². The van der Waals surface area contributed by atoms with E-state index in [9.17, 15) is 0 Å². The SMILES string of the molecule is CCC(NCCCN1CCOCC1)c1ccc(C)cc1. The van der Waals surface area contributed by atoms with E-state index in [-0.39, 0.29) is 0 Å². The monoisotopic (exact) mass is 276 g/mol. The number of ether oxygens (including phenoxy) is 1. The van der Waals surface area contributed by atoms with Crippen molar-refractivity contribution in [3.63, 3.8) is 0 Å². The second-order valence-corrected chi connectivity index (χ2v) is 5.63. The molecule has 1 unspecified atom stereocenters. The second kappa shape index (κ2) is 8.40. The Kier molecular flexibility index (Phi) is 6.51. The highest BCUT2D eigenvalue weighted by Gasteiger charge is 2.11. The summed E-state index contributed by atoms with van der Waals surface area (Å²) in [4.78, 5) is 2.50. The van der Waals surface area contributed by atoms with Crippen molar-refractivity contribution in [2.45, 2.75) is 32.7 Å². The quantitative estimate of drug-likeness (QED) is 0.775. The first-order chi connectivity index (χ1) is 9.79. The van der Waals surface area contributed by atoms with Crippen LogP contribution in [0.3, 0.4) is 0 Å². The van der Waals surface area contributed by atoms with Crippen molar-refractivity contribution >= 4 is 0 Å². The molecule has 112 valence electrons. The van der Waals surface area contributed by atoms with Gasteiger partial charge in [0.25, 0.3) is 0 Å². The van der Waals surface area contributed by atoms with Crippen LogP contribution in [0.2, 0.25) is 0 Å². The van der Waals surface area contributed by atoms with E-state index < -0.39 is 0 Å². The van der Waals surface area contributed by atoms with Crippen molar-refractivity contribution in [1.82, 2.24) is 10.2 Å². The van der Waals surface area contributed by atoms with Crippen molar-refractivity contribution < 1.29 is 4.74 Å². The van der Waals surface area contributed by atoms with Crippen molar-refractivity contribution in [2.24, 2.45) is 0 Å². The molecule has 3 nitrogen and oxygen atoms in total. The molecule has 1 saturated heterocycles. The molecule has 0 radical (unpaired) electrons. The summed E-state index contributed by atoms with van der Waals surface area (Å²) in [5, 5.41) is 3.69. The first-order valence-electron chi connectivity index (χ1n) is 7.89. The summed E-state index contributed by atoms with van der Waals surface area (Å²) in [5.41, 5.74) is 2.74. The zero-order valence-electron chi connectivity index (χ0n) is 12.9. The van der Waals surface area contributed by atoms with Gasteiger partial charge in [-0.25, -0.2) is 0 Å². The third kappa shape index (κ3) is 4.89. The third-order valence-electron chi connectivity index (χ3n) is 4.03. The standard InChI is InChI=1S/C17H28N2O/c1-3-17(16-7-5-15(2)6-8-16)18-9-4-10-19-11-13-20-14-12-19/h5-8,17-18H,3-4,9-14H2,1-2H3. The lowest BCUT2D eigenvalue weighted by atomic mass is 10.0. The van der Waals surface area contributed by atoms with Crippen molar-refractivity contribution in [1.29, 1.82) is 0 Å². The van der Waals surface area contributed by atoms with Crippen LogP contribution in [-0.4, -0.2) is 44.3 Å². The van der Waals surface area contributed by atoms with Crippen LogP contribution in [0.15, 0.2) is 24.3 Å². The lowest BCUT2D eigenvalue weighted by molar-refractivity contribution is 0.0374. The lowest BCUT2D eigenvalue weighted by Gasteiger charge is -2.27. The minimum absolute atomic E-state index is 0.486. The molecule has 0 saturated carbocycles. The summed E-state index contributed by atoms with van der Waals surface area (Å²) in [6.07, 6.45) is 2.35. The number of benzene rings is 1. The van der Waals surface area contributed by atoms with Gasteiger partial charge in [0.1, 0.15) is 0 Å². The van der Waals surface area contributed by atoms with E-state index in [4.69, 9.17) is 4.74 Å². The Bertz CT molecular complexity index is 371. The highest BCUT2D eigenvalue weighted by Crippen LogP contribution is 2.16. The molecule has 0 aliphatic carbocycles. The number of hydrogen-bond donors (Lipinski definition) is 1. The van der Waals surface area contributed by atoms with E-state index in [0.717, 1.165) is 39.3 Å². The number of morpholine rings is 1. The first-order valence-corrected chi connectivity index (χ1v) is 7.89. The van der Waals surface area contributed by atoms with E-state index in [2.05, 4.69) is 48.3 Å². The molecule has 3 heteroatoms. The van der Waals surface area contributed by atoms with Gasteiger partial charge < -0.3 is 10.1 Å². The van der Waals surface area contributed by atoms with Crippen molar-refractivity contribution in [3.8, 4) is 0 Å². The molecule has 0 aromatic heterocycles. The maximum atomic E-state index is 5.37. The van der Waals surface area contributed by atoms with Gasteiger partial charge in [0.2, 0.25) is 0 Å². The molecule has 1 N–H and O–H groups in total. The summed E-state index contributed by atoms with van der Waals surface area (Å²) < 4.78 is 5.37. The topological polar surface area (TPSA) is 24.5 Å². The molecule has 20 heavy (non-hydrogen) atoms. The highest BCUT2D eigenvalue weighted by atomic mass is 16.5. The Balaban J connectivity index is 1.69. The van der Waals surface area contributed by atoms with Crippen molar-refractivity contribution in [3.05, 3.63) is 35.4 Å². The van der Waals surface area contributed by atoms with Gasteiger partial charge in [-0.3, -0.25) is 4.90 Å². The molecule has 1 aromatic rings. The molecule has 0 amide bonds. The van der Waals surface area contributed by atoms with Crippen LogP contribution in [-0.2, 0) is 4.74 Å². The summed E-state index contributed by atoms with van der Waals surface area (Å²) >= 11 is 0. The van der Waals surface area contributed by atoms with Gasteiger partial charge in [-0.05, 0) is 38.4 Å². The highest BCUT2D eigenvalue weighted by molar-refractivity contribution is 5.23. The molecule has 1 fully saturated rings. The maximum absolute atomic E-state index is 5.37. The summed E-state index contributed by atoms with van der Waals surface area (Å²) in [5.74, 6) is 0. The Morgan fingerprint density at radius 1 is 1.20 bits per heavy atom. The van der Waals surface area contributed by atoms with Gasteiger partial charge in [-0.15, -0.1) is 0 Å². The zero-order valence-corrected chi connectivity index (χ0v) is 12.9. The zero-order chi connectivity index (χ0) is 14.2. The minimum atomic E-state index is 0.486. The third-order valence-corrected chi connectivity index (χ3v) is 4.03.